The Morgan fingerprint density at radius 3 is 0.903 bits per heavy atom. The molecule has 0 saturated carbocycles. The van der Waals surface area contributed by atoms with Crippen molar-refractivity contribution in [2.75, 3.05) is 13.2 Å². The van der Waals surface area contributed by atoms with Crippen LogP contribution < -0.4 is 0 Å². The Labute approximate surface area is 446 Å². The summed E-state index contributed by atoms with van der Waals surface area (Å²) in [5.41, 5.74) is 0. The SMILES string of the molecule is CC/C=C\C/C=C\C/C=C\C/C=C\C/C=C\CCCC(=O)OC(COC(=O)CCCCCCCCCC)COC(=O)CCCCCCCCCCCCCCCCCCC/C=C\CCCCCCCCCC. The smallest absolute Gasteiger partial charge is 0.306 e. The standard InChI is InChI=1S/C66H116O6/c1-4-7-10-13-16-19-21-23-25-27-28-29-30-31-32-33-34-35-36-37-38-40-41-43-45-47-50-53-56-59-65(68)71-62-63(61-70-64(67)58-55-52-49-18-15-12-9-6-3)72-66(69)60-57-54-51-48-46-44-42-39-26-24-22-20-17-14-11-8-5-2/h8,11,17,20,24,26-28,42,44,48,51,63H,4-7,9-10,12-16,18-19,21-23,25,29-41,43,45-47,49-50,52-62H2,1-3H3/b11-8-,20-17-,26-24-,28-27-,44-42-,51-48-. The number of hydrogen-bond acceptors (Lipinski definition) is 6. The lowest BCUT2D eigenvalue weighted by Crippen LogP contribution is -2.30. The first-order valence-electron chi connectivity index (χ1n) is 30.9. The van der Waals surface area contributed by atoms with Crippen molar-refractivity contribution in [3.63, 3.8) is 0 Å². The topological polar surface area (TPSA) is 78.9 Å². The van der Waals surface area contributed by atoms with Gasteiger partial charge in [-0.3, -0.25) is 14.4 Å². The van der Waals surface area contributed by atoms with E-state index in [4.69, 9.17) is 14.2 Å². The Bertz CT molecular complexity index is 1340. The van der Waals surface area contributed by atoms with E-state index in [9.17, 15) is 14.4 Å². The Morgan fingerprint density at radius 2 is 0.556 bits per heavy atom. The van der Waals surface area contributed by atoms with Gasteiger partial charge in [0.1, 0.15) is 13.2 Å². The maximum absolute atomic E-state index is 12.8. The van der Waals surface area contributed by atoms with E-state index in [1.165, 1.54) is 186 Å². The van der Waals surface area contributed by atoms with Gasteiger partial charge in [-0.15, -0.1) is 0 Å². The average Bonchev–Trinajstić information content (AvgIpc) is 3.38. The van der Waals surface area contributed by atoms with Crippen LogP contribution in [0.1, 0.15) is 310 Å². The van der Waals surface area contributed by atoms with E-state index in [0.29, 0.717) is 19.3 Å². The zero-order valence-electron chi connectivity index (χ0n) is 47.7. The van der Waals surface area contributed by atoms with Crippen LogP contribution in [-0.4, -0.2) is 37.2 Å². The summed E-state index contributed by atoms with van der Waals surface area (Å²) in [5, 5.41) is 0. The lowest BCUT2D eigenvalue weighted by molar-refractivity contribution is -0.167. The minimum Gasteiger partial charge on any atom is -0.462 e. The van der Waals surface area contributed by atoms with Gasteiger partial charge in [-0.25, -0.2) is 0 Å². The van der Waals surface area contributed by atoms with Crippen LogP contribution in [0.25, 0.3) is 0 Å². The van der Waals surface area contributed by atoms with Gasteiger partial charge in [-0.1, -0.05) is 280 Å². The molecule has 0 fully saturated rings. The second kappa shape index (κ2) is 60.4. The second-order valence-electron chi connectivity index (χ2n) is 20.6. The van der Waals surface area contributed by atoms with Crippen LogP contribution in [0, 0.1) is 0 Å². The Balaban J connectivity index is 4.14. The molecule has 1 atom stereocenters. The van der Waals surface area contributed by atoms with Crippen LogP contribution in [-0.2, 0) is 28.6 Å². The van der Waals surface area contributed by atoms with Gasteiger partial charge in [0.05, 0.1) is 0 Å². The first-order valence-corrected chi connectivity index (χ1v) is 30.9. The highest BCUT2D eigenvalue weighted by Crippen LogP contribution is 2.17. The molecule has 0 saturated heterocycles. The highest BCUT2D eigenvalue weighted by atomic mass is 16.6. The van der Waals surface area contributed by atoms with Crippen molar-refractivity contribution in [1.82, 2.24) is 0 Å². The predicted octanol–water partition coefficient (Wildman–Crippen LogP) is 20.9. The largest absolute Gasteiger partial charge is 0.462 e. The number of ether oxygens (including phenoxy) is 3. The molecule has 72 heavy (non-hydrogen) atoms. The number of esters is 3. The van der Waals surface area contributed by atoms with E-state index >= 15 is 0 Å². The highest BCUT2D eigenvalue weighted by Gasteiger charge is 2.19. The summed E-state index contributed by atoms with van der Waals surface area (Å²) in [4.78, 5) is 38.0. The van der Waals surface area contributed by atoms with Crippen molar-refractivity contribution in [3.05, 3.63) is 72.9 Å². The lowest BCUT2D eigenvalue weighted by atomic mass is 10.0. The van der Waals surface area contributed by atoms with Crippen LogP contribution in [0.3, 0.4) is 0 Å². The molecule has 0 rings (SSSR count). The van der Waals surface area contributed by atoms with Crippen molar-refractivity contribution in [2.24, 2.45) is 0 Å². The molecule has 0 radical (unpaired) electrons. The summed E-state index contributed by atoms with van der Waals surface area (Å²) in [5.74, 6) is -0.948. The Kier molecular flexibility index (Phi) is 57.8. The molecule has 0 aliphatic rings. The summed E-state index contributed by atoms with van der Waals surface area (Å²) in [6.45, 7) is 6.47. The molecule has 1 unspecified atom stereocenters. The molecule has 416 valence electrons. The van der Waals surface area contributed by atoms with E-state index in [0.717, 1.165) is 77.0 Å². The first kappa shape index (κ1) is 68.8. The first-order chi connectivity index (χ1) is 35.5. The quantitative estimate of drug-likeness (QED) is 0.0261. The molecule has 0 aliphatic carbocycles. The zero-order valence-corrected chi connectivity index (χ0v) is 47.7. The Hall–Kier alpha value is -3.15. The van der Waals surface area contributed by atoms with Crippen molar-refractivity contribution in [2.45, 2.75) is 316 Å². The normalized spacial score (nSPS) is 12.5. The van der Waals surface area contributed by atoms with Crippen LogP contribution >= 0.6 is 0 Å². The van der Waals surface area contributed by atoms with Crippen molar-refractivity contribution in [3.8, 4) is 0 Å². The van der Waals surface area contributed by atoms with E-state index in [-0.39, 0.29) is 37.5 Å². The second-order valence-corrected chi connectivity index (χ2v) is 20.6. The third kappa shape index (κ3) is 57.7. The summed E-state index contributed by atoms with van der Waals surface area (Å²) >= 11 is 0. The molecule has 0 bridgehead atoms. The fourth-order valence-corrected chi connectivity index (χ4v) is 8.83. The number of unbranched alkanes of at least 4 members (excludes halogenated alkanes) is 33. The molecule has 0 N–H and O–H groups in total. The molecule has 6 nitrogen and oxygen atoms in total. The molecule has 0 amide bonds. The molecule has 0 aromatic rings. The molecule has 0 aromatic carbocycles. The summed E-state index contributed by atoms with van der Waals surface area (Å²) in [6, 6.07) is 0. The van der Waals surface area contributed by atoms with E-state index in [2.05, 4.69) is 93.7 Å². The number of hydrogen-bond donors (Lipinski definition) is 0. The monoisotopic (exact) mass is 1000 g/mol. The number of carbonyl (C=O) groups is 3. The fraction of sp³-hybridized carbons (Fsp3) is 0.773. The summed E-state index contributed by atoms with van der Waals surface area (Å²) in [7, 11) is 0. The van der Waals surface area contributed by atoms with Gasteiger partial charge in [0.15, 0.2) is 6.10 Å². The van der Waals surface area contributed by atoms with Crippen LogP contribution in [0.15, 0.2) is 72.9 Å². The van der Waals surface area contributed by atoms with Gasteiger partial charge >= 0.3 is 17.9 Å². The minimum atomic E-state index is -0.801. The van der Waals surface area contributed by atoms with Gasteiger partial charge in [-0.05, 0) is 83.5 Å². The predicted molar refractivity (Wildman–Crippen MR) is 311 cm³/mol. The number of rotatable bonds is 56. The van der Waals surface area contributed by atoms with Gasteiger partial charge in [-0.2, -0.15) is 0 Å². The maximum Gasteiger partial charge on any atom is 0.306 e. The van der Waals surface area contributed by atoms with Gasteiger partial charge in [0.25, 0.3) is 0 Å². The van der Waals surface area contributed by atoms with Crippen molar-refractivity contribution >= 4 is 17.9 Å². The zero-order chi connectivity index (χ0) is 52.2. The van der Waals surface area contributed by atoms with Gasteiger partial charge in [0, 0.05) is 19.3 Å². The lowest BCUT2D eigenvalue weighted by Gasteiger charge is -2.18. The maximum atomic E-state index is 12.8. The van der Waals surface area contributed by atoms with Crippen LogP contribution in [0.4, 0.5) is 0 Å². The highest BCUT2D eigenvalue weighted by molar-refractivity contribution is 5.71. The molecule has 6 heteroatoms. The van der Waals surface area contributed by atoms with E-state index in [1.54, 1.807) is 0 Å². The third-order valence-electron chi connectivity index (χ3n) is 13.4. The van der Waals surface area contributed by atoms with Crippen molar-refractivity contribution < 1.29 is 28.6 Å². The fourth-order valence-electron chi connectivity index (χ4n) is 8.83. The van der Waals surface area contributed by atoms with Gasteiger partial charge < -0.3 is 14.2 Å². The summed E-state index contributed by atoms with van der Waals surface area (Å²) < 4.78 is 16.8. The molecule has 0 spiro atoms. The molecular weight excluding hydrogens is 889 g/mol. The molecular formula is C66H116O6. The summed E-state index contributed by atoms with van der Waals surface area (Å²) in [6.07, 6.45) is 78.0. The third-order valence-corrected chi connectivity index (χ3v) is 13.4. The van der Waals surface area contributed by atoms with Crippen LogP contribution in [0.5, 0.6) is 0 Å². The Morgan fingerprint density at radius 1 is 0.292 bits per heavy atom. The van der Waals surface area contributed by atoms with Crippen molar-refractivity contribution in [1.29, 1.82) is 0 Å². The minimum absolute atomic E-state index is 0.0951. The molecule has 0 aromatic heterocycles. The van der Waals surface area contributed by atoms with Crippen LogP contribution in [0.2, 0.25) is 0 Å². The molecule has 0 heterocycles. The van der Waals surface area contributed by atoms with E-state index in [1.807, 2.05) is 0 Å². The number of allylic oxidation sites excluding steroid dienone is 12. The average molecular weight is 1010 g/mol. The van der Waals surface area contributed by atoms with Gasteiger partial charge in [0.2, 0.25) is 0 Å². The number of carbonyl (C=O) groups excluding carboxylic acids is 3. The molecule has 0 aliphatic heterocycles. The van der Waals surface area contributed by atoms with E-state index < -0.39 is 6.10 Å².